The zero-order valence-corrected chi connectivity index (χ0v) is 10.5. The molecule has 0 bridgehead atoms. The lowest BCUT2D eigenvalue weighted by Gasteiger charge is -2.23. The van der Waals surface area contributed by atoms with Gasteiger partial charge in [-0.05, 0) is 0 Å². The Kier molecular flexibility index (Phi) is 4.92. The number of hydrogen-bond acceptors (Lipinski definition) is 4. The second-order valence-electron chi connectivity index (χ2n) is 4.32. The molecule has 1 rings (SSSR count). The number of carboxylic acid groups (broad SMARTS) is 1. The quantitative estimate of drug-likeness (QED) is 0.720. The first kappa shape index (κ1) is 14.3. The van der Waals surface area contributed by atoms with Gasteiger partial charge in [-0.3, -0.25) is 9.69 Å². The molecule has 1 aliphatic rings. The molecular formula is C11H17N3O4. The number of nitriles is 1. The van der Waals surface area contributed by atoms with Gasteiger partial charge in [0.05, 0.1) is 31.7 Å². The van der Waals surface area contributed by atoms with Crippen molar-refractivity contribution in [3.8, 4) is 6.07 Å². The van der Waals surface area contributed by atoms with Crippen molar-refractivity contribution in [2.24, 2.45) is 0 Å². The number of carbonyl (C=O) groups is 2. The summed E-state index contributed by atoms with van der Waals surface area (Å²) in [6.45, 7) is 0.433. The topological polar surface area (TPSA) is 93.9 Å². The van der Waals surface area contributed by atoms with Crippen LogP contribution in [0, 0.1) is 11.3 Å². The van der Waals surface area contributed by atoms with E-state index in [2.05, 4.69) is 0 Å². The molecule has 0 aromatic heterocycles. The SMILES string of the molecule is CN(C)C(=O)[C@@H]1C[C@@H](OCCC#N)CN1C(=O)O. The summed E-state index contributed by atoms with van der Waals surface area (Å²) in [6.07, 6.45) is -0.838. The van der Waals surface area contributed by atoms with Gasteiger partial charge in [0.2, 0.25) is 5.91 Å². The lowest BCUT2D eigenvalue weighted by atomic mass is 10.2. The number of ether oxygens (including phenoxy) is 1. The van der Waals surface area contributed by atoms with Crippen LogP contribution >= 0.6 is 0 Å². The van der Waals surface area contributed by atoms with Gasteiger partial charge in [0, 0.05) is 20.5 Å². The number of rotatable bonds is 4. The van der Waals surface area contributed by atoms with Crippen molar-refractivity contribution in [2.45, 2.75) is 25.0 Å². The van der Waals surface area contributed by atoms with Crippen molar-refractivity contribution < 1.29 is 19.4 Å². The molecule has 7 nitrogen and oxygen atoms in total. The average molecular weight is 255 g/mol. The van der Waals surface area contributed by atoms with Gasteiger partial charge in [-0.2, -0.15) is 5.26 Å². The fourth-order valence-electron chi connectivity index (χ4n) is 1.93. The molecule has 1 fully saturated rings. The summed E-state index contributed by atoms with van der Waals surface area (Å²) in [5.41, 5.74) is 0. The minimum Gasteiger partial charge on any atom is -0.465 e. The molecule has 2 atom stereocenters. The Bertz CT molecular complexity index is 364. The molecule has 0 aromatic rings. The standard InChI is InChI=1S/C11H17N3O4/c1-13(2)10(15)9-6-8(18-5-3-4-12)7-14(9)11(16)17/h8-9H,3,5-7H2,1-2H3,(H,16,17)/t8-,9+/m1/s1. The van der Waals surface area contributed by atoms with Crippen molar-refractivity contribution in [2.75, 3.05) is 27.2 Å². The maximum absolute atomic E-state index is 11.8. The first-order chi connectivity index (χ1) is 8.47. The number of nitrogens with zero attached hydrogens (tertiary/aromatic N) is 3. The van der Waals surface area contributed by atoms with E-state index in [4.69, 9.17) is 15.1 Å². The average Bonchev–Trinajstić information content (AvgIpc) is 2.72. The number of likely N-dealkylation sites (tertiary alicyclic amines) is 1. The lowest BCUT2D eigenvalue weighted by Crippen LogP contribution is -2.44. The molecule has 1 heterocycles. The Hall–Kier alpha value is -1.81. The van der Waals surface area contributed by atoms with E-state index in [1.165, 1.54) is 4.90 Å². The smallest absolute Gasteiger partial charge is 0.408 e. The minimum absolute atomic E-state index is 0.172. The molecule has 7 heteroatoms. The van der Waals surface area contributed by atoms with Crippen LogP contribution in [0.5, 0.6) is 0 Å². The molecule has 0 aromatic carbocycles. The molecule has 1 saturated heterocycles. The van der Waals surface area contributed by atoms with Gasteiger partial charge in [0.15, 0.2) is 0 Å². The van der Waals surface area contributed by atoms with Crippen LogP contribution < -0.4 is 0 Å². The van der Waals surface area contributed by atoms with E-state index in [0.717, 1.165) is 4.90 Å². The first-order valence-corrected chi connectivity index (χ1v) is 5.66. The molecule has 0 saturated carbocycles. The normalized spacial score (nSPS) is 22.6. The number of likely N-dealkylation sites (N-methyl/N-ethyl adjacent to an activating group) is 1. The number of carbonyl (C=O) groups excluding carboxylic acids is 1. The molecule has 100 valence electrons. The molecule has 0 aliphatic carbocycles. The Balaban J connectivity index is 2.63. The zero-order chi connectivity index (χ0) is 13.7. The molecule has 1 N–H and O–H groups in total. The largest absolute Gasteiger partial charge is 0.465 e. The summed E-state index contributed by atoms with van der Waals surface area (Å²) in [6, 6.07) is 1.26. The van der Waals surface area contributed by atoms with E-state index in [9.17, 15) is 9.59 Å². The minimum atomic E-state index is -1.12. The third-order valence-electron chi connectivity index (χ3n) is 2.80. The Labute approximate surface area is 106 Å². The summed E-state index contributed by atoms with van der Waals surface area (Å²) in [5.74, 6) is -0.246. The summed E-state index contributed by atoms with van der Waals surface area (Å²) in [4.78, 5) is 25.4. The zero-order valence-electron chi connectivity index (χ0n) is 10.5. The van der Waals surface area contributed by atoms with Gasteiger partial charge < -0.3 is 14.7 Å². The maximum atomic E-state index is 11.8. The van der Waals surface area contributed by atoms with E-state index >= 15 is 0 Å². The van der Waals surface area contributed by atoms with Crippen LogP contribution in [0.15, 0.2) is 0 Å². The fraction of sp³-hybridized carbons (Fsp3) is 0.727. The van der Waals surface area contributed by atoms with Crippen molar-refractivity contribution in [1.29, 1.82) is 5.26 Å². The highest BCUT2D eigenvalue weighted by Crippen LogP contribution is 2.22. The summed E-state index contributed by atoms with van der Waals surface area (Å²) in [7, 11) is 3.18. The van der Waals surface area contributed by atoms with Gasteiger partial charge in [-0.25, -0.2) is 4.79 Å². The van der Waals surface area contributed by atoms with E-state index in [1.807, 2.05) is 6.07 Å². The van der Waals surface area contributed by atoms with Crippen LogP contribution in [0.2, 0.25) is 0 Å². The predicted octanol–water partition coefficient (Wildman–Crippen LogP) is 0.126. The second kappa shape index (κ2) is 6.21. The predicted molar refractivity (Wildman–Crippen MR) is 61.8 cm³/mol. The van der Waals surface area contributed by atoms with Gasteiger partial charge in [0.25, 0.3) is 0 Å². The van der Waals surface area contributed by atoms with E-state index < -0.39 is 12.1 Å². The van der Waals surface area contributed by atoms with Crippen molar-refractivity contribution in [1.82, 2.24) is 9.80 Å². The van der Waals surface area contributed by atoms with Crippen LogP contribution in [0.25, 0.3) is 0 Å². The summed E-state index contributed by atoms with van der Waals surface area (Å²) in [5, 5.41) is 17.4. The maximum Gasteiger partial charge on any atom is 0.408 e. The van der Waals surface area contributed by atoms with Gasteiger partial charge in [-0.15, -0.1) is 0 Å². The highest BCUT2D eigenvalue weighted by Gasteiger charge is 2.40. The molecule has 0 spiro atoms. The highest BCUT2D eigenvalue weighted by atomic mass is 16.5. The van der Waals surface area contributed by atoms with E-state index in [1.54, 1.807) is 14.1 Å². The van der Waals surface area contributed by atoms with Crippen LogP contribution in [-0.4, -0.2) is 66.3 Å². The molecule has 0 radical (unpaired) electrons. The third-order valence-corrected chi connectivity index (χ3v) is 2.80. The van der Waals surface area contributed by atoms with Crippen LogP contribution in [0.1, 0.15) is 12.8 Å². The second-order valence-corrected chi connectivity index (χ2v) is 4.32. The Morgan fingerprint density at radius 1 is 1.56 bits per heavy atom. The molecule has 2 amide bonds. The summed E-state index contributed by atoms with van der Waals surface area (Å²) >= 11 is 0. The third kappa shape index (κ3) is 3.34. The van der Waals surface area contributed by atoms with E-state index in [0.29, 0.717) is 6.42 Å². The van der Waals surface area contributed by atoms with Crippen LogP contribution in [-0.2, 0) is 9.53 Å². The highest BCUT2D eigenvalue weighted by molar-refractivity contribution is 5.85. The molecule has 0 unspecified atom stereocenters. The van der Waals surface area contributed by atoms with Crippen molar-refractivity contribution in [3.05, 3.63) is 0 Å². The number of amides is 2. The molecular weight excluding hydrogens is 238 g/mol. The first-order valence-electron chi connectivity index (χ1n) is 5.66. The monoisotopic (exact) mass is 255 g/mol. The Morgan fingerprint density at radius 2 is 2.22 bits per heavy atom. The van der Waals surface area contributed by atoms with Crippen LogP contribution in [0.4, 0.5) is 4.79 Å². The van der Waals surface area contributed by atoms with E-state index in [-0.39, 0.29) is 31.6 Å². The fourth-order valence-corrected chi connectivity index (χ4v) is 1.93. The number of hydrogen-bond donors (Lipinski definition) is 1. The van der Waals surface area contributed by atoms with Gasteiger partial charge in [-0.1, -0.05) is 0 Å². The van der Waals surface area contributed by atoms with Crippen molar-refractivity contribution in [3.63, 3.8) is 0 Å². The van der Waals surface area contributed by atoms with Gasteiger partial charge >= 0.3 is 6.09 Å². The Morgan fingerprint density at radius 3 is 2.72 bits per heavy atom. The van der Waals surface area contributed by atoms with Crippen molar-refractivity contribution >= 4 is 12.0 Å². The summed E-state index contributed by atoms with van der Waals surface area (Å²) < 4.78 is 5.39. The van der Waals surface area contributed by atoms with Gasteiger partial charge in [0.1, 0.15) is 6.04 Å². The lowest BCUT2D eigenvalue weighted by molar-refractivity contribution is -0.132. The molecule has 1 aliphatic heterocycles. The molecule has 18 heavy (non-hydrogen) atoms. The van der Waals surface area contributed by atoms with Crippen LogP contribution in [0.3, 0.4) is 0 Å².